The van der Waals surface area contributed by atoms with Crippen LogP contribution in [0, 0.1) is 0 Å². The molecule has 0 amide bonds. The summed E-state index contributed by atoms with van der Waals surface area (Å²) in [6.07, 6.45) is -0.0548. The number of benzene rings is 1. The average molecular weight is 263 g/mol. The summed E-state index contributed by atoms with van der Waals surface area (Å²) in [7, 11) is 1.69. The summed E-state index contributed by atoms with van der Waals surface area (Å²) in [6.45, 7) is 3.56. The van der Waals surface area contributed by atoms with Gasteiger partial charge in [0, 0.05) is 20.2 Å². The first-order valence-electron chi connectivity index (χ1n) is 6.51. The smallest absolute Gasteiger partial charge is 0.191 e. The number of nitrogens with two attached hydrogens (primary N) is 1. The number of hydrogen-bond acceptors (Lipinski definition) is 3. The van der Waals surface area contributed by atoms with Gasteiger partial charge in [-0.1, -0.05) is 30.3 Å². The van der Waals surface area contributed by atoms with E-state index >= 15 is 0 Å². The predicted molar refractivity (Wildman–Crippen MR) is 75.1 cm³/mol. The molecule has 1 unspecified atom stereocenters. The van der Waals surface area contributed by atoms with Gasteiger partial charge in [0.05, 0.1) is 19.8 Å². The molecule has 5 nitrogen and oxygen atoms in total. The lowest BCUT2D eigenvalue weighted by atomic mass is 10.1. The first-order chi connectivity index (χ1) is 9.31. The van der Waals surface area contributed by atoms with Crippen LogP contribution in [0.1, 0.15) is 11.7 Å². The van der Waals surface area contributed by atoms with E-state index in [2.05, 4.69) is 4.99 Å². The zero-order valence-corrected chi connectivity index (χ0v) is 11.3. The summed E-state index contributed by atoms with van der Waals surface area (Å²) >= 11 is 0. The van der Waals surface area contributed by atoms with Crippen molar-refractivity contribution in [2.24, 2.45) is 10.7 Å². The van der Waals surface area contributed by atoms with Crippen molar-refractivity contribution in [2.45, 2.75) is 6.10 Å². The van der Waals surface area contributed by atoms with Crippen LogP contribution in [0.2, 0.25) is 0 Å². The number of aliphatic imine (C=N–C) groups is 1. The highest BCUT2D eigenvalue weighted by Gasteiger charge is 2.14. The van der Waals surface area contributed by atoms with Gasteiger partial charge in [0.15, 0.2) is 5.96 Å². The maximum Gasteiger partial charge on any atom is 0.191 e. The summed E-state index contributed by atoms with van der Waals surface area (Å²) < 4.78 is 10.8. The maximum absolute atomic E-state index is 5.99. The average Bonchev–Trinajstić information content (AvgIpc) is 2.49. The van der Waals surface area contributed by atoms with Crippen molar-refractivity contribution in [3.8, 4) is 0 Å². The molecule has 1 atom stereocenters. The predicted octanol–water partition coefficient (Wildman–Crippen LogP) is 1.02. The number of hydrogen-bond donors (Lipinski definition) is 1. The molecular weight excluding hydrogens is 242 g/mol. The van der Waals surface area contributed by atoms with Gasteiger partial charge in [-0.2, -0.15) is 0 Å². The molecule has 2 rings (SSSR count). The fourth-order valence-electron chi connectivity index (χ4n) is 2.05. The lowest BCUT2D eigenvalue weighted by Gasteiger charge is -2.27. The van der Waals surface area contributed by atoms with Gasteiger partial charge >= 0.3 is 0 Å². The monoisotopic (exact) mass is 263 g/mol. The van der Waals surface area contributed by atoms with Crippen molar-refractivity contribution in [1.82, 2.24) is 4.90 Å². The van der Waals surface area contributed by atoms with E-state index in [4.69, 9.17) is 15.2 Å². The highest BCUT2D eigenvalue weighted by atomic mass is 16.5. The molecule has 1 aromatic carbocycles. The lowest BCUT2D eigenvalue weighted by Crippen LogP contribution is -2.45. The Labute approximate surface area is 114 Å². The lowest BCUT2D eigenvalue weighted by molar-refractivity contribution is 0.0669. The van der Waals surface area contributed by atoms with E-state index in [1.54, 1.807) is 7.11 Å². The Morgan fingerprint density at radius 3 is 2.68 bits per heavy atom. The second-order valence-electron chi connectivity index (χ2n) is 4.43. The van der Waals surface area contributed by atoms with Gasteiger partial charge in [-0.25, -0.2) is 0 Å². The topological polar surface area (TPSA) is 60.1 Å². The second-order valence-corrected chi connectivity index (χ2v) is 4.43. The highest BCUT2D eigenvalue weighted by Crippen LogP contribution is 2.16. The van der Waals surface area contributed by atoms with Crippen LogP contribution >= 0.6 is 0 Å². The van der Waals surface area contributed by atoms with Crippen molar-refractivity contribution < 1.29 is 9.47 Å². The first kappa shape index (κ1) is 13.8. The third kappa shape index (κ3) is 3.94. The second kappa shape index (κ2) is 7.11. The molecule has 0 aromatic heterocycles. The van der Waals surface area contributed by atoms with Gasteiger partial charge in [-0.3, -0.25) is 4.99 Å². The van der Waals surface area contributed by atoms with Gasteiger partial charge in [-0.05, 0) is 5.56 Å². The minimum Gasteiger partial charge on any atom is -0.378 e. The minimum atomic E-state index is -0.0548. The largest absolute Gasteiger partial charge is 0.378 e. The Morgan fingerprint density at radius 1 is 1.37 bits per heavy atom. The van der Waals surface area contributed by atoms with Crippen LogP contribution in [0.3, 0.4) is 0 Å². The molecule has 1 heterocycles. The Balaban J connectivity index is 1.95. The van der Waals surface area contributed by atoms with Crippen molar-refractivity contribution in [1.29, 1.82) is 0 Å². The molecular formula is C14H21N3O2. The molecule has 0 radical (unpaired) electrons. The van der Waals surface area contributed by atoms with E-state index in [-0.39, 0.29) is 6.10 Å². The Morgan fingerprint density at radius 2 is 2.05 bits per heavy atom. The standard InChI is InChI=1S/C14H21N3O2/c1-18-13(12-5-3-2-4-6-12)11-16-14(15)17-7-9-19-10-8-17/h2-6,13H,7-11H2,1H3,(H2,15,16). The fraction of sp³-hybridized carbons (Fsp3) is 0.500. The van der Waals surface area contributed by atoms with Crippen LogP contribution in [0.5, 0.6) is 0 Å². The third-order valence-electron chi connectivity index (χ3n) is 3.21. The minimum absolute atomic E-state index is 0.0548. The number of ether oxygens (including phenoxy) is 2. The molecule has 1 fully saturated rings. The van der Waals surface area contributed by atoms with E-state index in [9.17, 15) is 0 Å². The molecule has 1 aliphatic heterocycles. The zero-order valence-electron chi connectivity index (χ0n) is 11.3. The van der Waals surface area contributed by atoms with Gasteiger partial charge in [0.25, 0.3) is 0 Å². The summed E-state index contributed by atoms with van der Waals surface area (Å²) in [6, 6.07) is 10.1. The maximum atomic E-state index is 5.99. The van der Waals surface area contributed by atoms with Crippen LogP contribution in [0.25, 0.3) is 0 Å². The van der Waals surface area contributed by atoms with Gasteiger partial charge in [0.1, 0.15) is 6.10 Å². The summed E-state index contributed by atoms with van der Waals surface area (Å²) in [5, 5.41) is 0. The van der Waals surface area contributed by atoms with Crippen molar-refractivity contribution in [2.75, 3.05) is 40.0 Å². The molecule has 1 saturated heterocycles. The molecule has 5 heteroatoms. The van der Waals surface area contributed by atoms with Crippen molar-refractivity contribution in [3.05, 3.63) is 35.9 Å². The van der Waals surface area contributed by atoms with E-state index in [0.29, 0.717) is 25.7 Å². The molecule has 0 bridgehead atoms. The van der Waals surface area contributed by atoms with Crippen LogP contribution in [-0.4, -0.2) is 50.8 Å². The first-order valence-corrected chi connectivity index (χ1v) is 6.51. The van der Waals surface area contributed by atoms with Gasteiger partial charge < -0.3 is 20.1 Å². The molecule has 104 valence electrons. The molecule has 19 heavy (non-hydrogen) atoms. The van der Waals surface area contributed by atoms with Gasteiger partial charge in [-0.15, -0.1) is 0 Å². The third-order valence-corrected chi connectivity index (χ3v) is 3.21. The van der Waals surface area contributed by atoms with E-state index < -0.39 is 0 Å². The number of guanidine groups is 1. The van der Waals surface area contributed by atoms with Crippen LogP contribution in [0.15, 0.2) is 35.3 Å². The fourth-order valence-corrected chi connectivity index (χ4v) is 2.05. The Hall–Kier alpha value is -1.59. The Bertz CT molecular complexity index is 402. The van der Waals surface area contributed by atoms with Gasteiger partial charge in [0.2, 0.25) is 0 Å². The van der Waals surface area contributed by atoms with Crippen molar-refractivity contribution >= 4 is 5.96 Å². The zero-order chi connectivity index (χ0) is 13.5. The molecule has 0 aliphatic carbocycles. The number of nitrogens with zero attached hydrogens (tertiary/aromatic N) is 2. The number of methoxy groups -OCH3 is 1. The number of rotatable bonds is 4. The summed E-state index contributed by atoms with van der Waals surface area (Å²) in [5.74, 6) is 0.571. The number of morpholine rings is 1. The Kier molecular flexibility index (Phi) is 5.18. The molecule has 0 saturated carbocycles. The van der Waals surface area contributed by atoms with Crippen LogP contribution in [0.4, 0.5) is 0 Å². The quantitative estimate of drug-likeness (QED) is 0.651. The molecule has 1 aliphatic rings. The van der Waals surface area contributed by atoms with E-state index in [1.165, 1.54) is 0 Å². The van der Waals surface area contributed by atoms with E-state index in [0.717, 1.165) is 18.7 Å². The molecule has 2 N–H and O–H groups in total. The normalized spacial score (nSPS) is 18.4. The van der Waals surface area contributed by atoms with Crippen molar-refractivity contribution in [3.63, 3.8) is 0 Å². The highest BCUT2D eigenvalue weighted by molar-refractivity contribution is 5.78. The molecule has 1 aromatic rings. The van der Waals surface area contributed by atoms with E-state index in [1.807, 2.05) is 35.2 Å². The molecule has 0 spiro atoms. The van der Waals surface area contributed by atoms with Crippen LogP contribution in [-0.2, 0) is 9.47 Å². The summed E-state index contributed by atoms with van der Waals surface area (Å²) in [4.78, 5) is 6.48. The summed E-state index contributed by atoms with van der Waals surface area (Å²) in [5.41, 5.74) is 7.11. The SMILES string of the molecule is COC(CN=C(N)N1CCOCC1)c1ccccc1. The van der Waals surface area contributed by atoms with Crippen LogP contribution < -0.4 is 5.73 Å².